The molecule has 1 rings (SSSR count). The Balaban J connectivity index is 2.32. The Hall–Kier alpha value is -0.740. The van der Waals surface area contributed by atoms with Crippen molar-refractivity contribution < 1.29 is 14.6 Å². The van der Waals surface area contributed by atoms with Crippen molar-refractivity contribution in [2.75, 3.05) is 6.61 Å². The van der Waals surface area contributed by atoms with Gasteiger partial charge in [0.2, 0.25) is 0 Å². The van der Waals surface area contributed by atoms with Gasteiger partial charge in [0.1, 0.15) is 0 Å². The molecule has 13 heavy (non-hydrogen) atoms. The molecule has 0 bridgehead atoms. The Labute approximate surface area is 80.4 Å². The zero-order valence-corrected chi connectivity index (χ0v) is 8.41. The standard InChI is InChI=1S/C9H14O3S/c1-2-12-8(10)7-9(11)13-5-3-4-6-13/h3-6,9,11,13H,2,7H2,1H3/t9-/m0/s1. The van der Waals surface area contributed by atoms with E-state index >= 15 is 0 Å². The SMILES string of the molecule is CCOC(=O)C[C@@H](O)[SH]1C=CC=C1. The smallest absolute Gasteiger partial charge is 0.309 e. The number of thiol groups is 1. The highest BCUT2D eigenvalue weighted by Gasteiger charge is 2.16. The number of esters is 1. The Kier molecular flexibility index (Phi) is 4.05. The molecule has 1 N–H and O–H groups in total. The van der Waals surface area contributed by atoms with Crippen LogP contribution in [-0.2, 0) is 9.53 Å². The van der Waals surface area contributed by atoms with E-state index in [-0.39, 0.29) is 12.4 Å². The molecule has 0 saturated carbocycles. The first-order chi connectivity index (χ1) is 6.24. The second-order valence-corrected chi connectivity index (χ2v) is 4.71. The summed E-state index contributed by atoms with van der Waals surface area (Å²) in [6.45, 7) is 2.13. The summed E-state index contributed by atoms with van der Waals surface area (Å²) in [6, 6.07) is 0. The van der Waals surface area contributed by atoms with Gasteiger partial charge in [0.25, 0.3) is 0 Å². The van der Waals surface area contributed by atoms with Gasteiger partial charge in [-0.05, 0) is 17.7 Å². The van der Waals surface area contributed by atoms with Crippen LogP contribution in [0.3, 0.4) is 0 Å². The molecule has 74 valence electrons. The maximum atomic E-state index is 11.0. The summed E-state index contributed by atoms with van der Waals surface area (Å²) in [7, 11) is -0.656. The number of carbonyl (C=O) groups excluding carboxylic acids is 1. The van der Waals surface area contributed by atoms with Crippen LogP contribution in [0.15, 0.2) is 23.0 Å². The lowest BCUT2D eigenvalue weighted by molar-refractivity contribution is -0.144. The highest BCUT2D eigenvalue weighted by molar-refractivity contribution is 8.22. The summed E-state index contributed by atoms with van der Waals surface area (Å²) >= 11 is 0. The number of hydrogen-bond donors (Lipinski definition) is 2. The third kappa shape index (κ3) is 3.24. The Bertz CT molecular complexity index is 223. The molecule has 0 radical (unpaired) electrons. The molecule has 0 amide bonds. The molecule has 1 heterocycles. The van der Waals surface area contributed by atoms with E-state index in [0.717, 1.165) is 0 Å². The van der Waals surface area contributed by atoms with Gasteiger partial charge in [0.05, 0.1) is 18.5 Å². The molecule has 0 aromatic carbocycles. The molecule has 4 heteroatoms. The average molecular weight is 202 g/mol. The molecule has 0 spiro atoms. The van der Waals surface area contributed by atoms with Gasteiger partial charge in [-0.15, -0.1) is 0 Å². The highest BCUT2D eigenvalue weighted by atomic mass is 32.2. The highest BCUT2D eigenvalue weighted by Crippen LogP contribution is 2.38. The first-order valence-electron chi connectivity index (χ1n) is 4.20. The van der Waals surface area contributed by atoms with Crippen LogP contribution in [0.25, 0.3) is 0 Å². The molecule has 0 aromatic heterocycles. The molecule has 1 aliphatic heterocycles. The molecule has 1 atom stereocenters. The van der Waals surface area contributed by atoms with E-state index in [0.29, 0.717) is 6.61 Å². The van der Waals surface area contributed by atoms with Crippen LogP contribution in [0.5, 0.6) is 0 Å². The third-order valence-corrected chi connectivity index (χ3v) is 3.53. The summed E-state index contributed by atoms with van der Waals surface area (Å²) in [5.74, 6) is -0.328. The zero-order valence-electron chi connectivity index (χ0n) is 7.51. The van der Waals surface area contributed by atoms with Crippen molar-refractivity contribution >= 4 is 16.9 Å². The normalized spacial score (nSPS) is 19.1. The van der Waals surface area contributed by atoms with Crippen LogP contribution in [0.2, 0.25) is 0 Å². The lowest BCUT2D eigenvalue weighted by Crippen LogP contribution is -2.14. The minimum Gasteiger partial charge on any atom is -0.466 e. The van der Waals surface area contributed by atoms with Crippen molar-refractivity contribution in [1.82, 2.24) is 0 Å². The number of hydrogen-bond acceptors (Lipinski definition) is 3. The van der Waals surface area contributed by atoms with Crippen LogP contribution < -0.4 is 0 Å². The van der Waals surface area contributed by atoms with Gasteiger partial charge in [-0.3, -0.25) is 4.79 Å². The Morgan fingerprint density at radius 2 is 2.15 bits per heavy atom. The number of allylic oxidation sites excluding steroid dienone is 2. The molecule has 1 aliphatic rings. The summed E-state index contributed by atoms with van der Waals surface area (Å²) in [4.78, 5) is 11.0. The van der Waals surface area contributed by atoms with E-state index in [1.54, 1.807) is 6.92 Å². The second-order valence-electron chi connectivity index (χ2n) is 2.62. The predicted octanol–water partition coefficient (Wildman–Crippen LogP) is 1.30. The Morgan fingerprint density at radius 3 is 2.69 bits per heavy atom. The average Bonchev–Trinajstić information content (AvgIpc) is 2.55. The largest absolute Gasteiger partial charge is 0.466 e. The van der Waals surface area contributed by atoms with E-state index in [9.17, 15) is 9.90 Å². The van der Waals surface area contributed by atoms with Crippen LogP contribution >= 0.6 is 10.9 Å². The van der Waals surface area contributed by atoms with Crippen molar-refractivity contribution in [3.8, 4) is 0 Å². The first-order valence-corrected chi connectivity index (χ1v) is 5.75. The molecule has 0 unspecified atom stereocenters. The van der Waals surface area contributed by atoms with Crippen LogP contribution in [0.1, 0.15) is 13.3 Å². The van der Waals surface area contributed by atoms with E-state index in [1.165, 1.54) is 0 Å². The number of aliphatic hydroxyl groups excluding tert-OH is 1. The molecule has 3 nitrogen and oxygen atoms in total. The topological polar surface area (TPSA) is 46.5 Å². The van der Waals surface area contributed by atoms with Gasteiger partial charge in [-0.1, -0.05) is 12.2 Å². The lowest BCUT2D eigenvalue weighted by atomic mass is 10.5. The molecule has 0 aromatic rings. The minimum absolute atomic E-state index is 0.0915. The van der Waals surface area contributed by atoms with Gasteiger partial charge in [0.15, 0.2) is 0 Å². The third-order valence-electron chi connectivity index (χ3n) is 1.63. The zero-order chi connectivity index (χ0) is 9.68. The van der Waals surface area contributed by atoms with E-state index in [2.05, 4.69) is 0 Å². The fourth-order valence-electron chi connectivity index (χ4n) is 1.02. The fraction of sp³-hybridized carbons (Fsp3) is 0.444. The number of ether oxygens (including phenoxy) is 1. The Morgan fingerprint density at radius 1 is 1.54 bits per heavy atom. The van der Waals surface area contributed by atoms with Crippen LogP contribution in [0, 0.1) is 0 Å². The van der Waals surface area contributed by atoms with Gasteiger partial charge in [-0.25, -0.2) is 0 Å². The first kappa shape index (κ1) is 10.3. The van der Waals surface area contributed by atoms with Gasteiger partial charge in [0, 0.05) is 0 Å². The molecule has 0 aliphatic carbocycles. The van der Waals surface area contributed by atoms with Crippen LogP contribution in [0.4, 0.5) is 0 Å². The quantitative estimate of drug-likeness (QED) is 0.533. The van der Waals surface area contributed by atoms with Gasteiger partial charge >= 0.3 is 5.97 Å². The van der Waals surface area contributed by atoms with E-state index in [1.807, 2.05) is 23.0 Å². The summed E-state index contributed by atoms with van der Waals surface area (Å²) < 4.78 is 4.74. The summed E-state index contributed by atoms with van der Waals surface area (Å²) in [5.41, 5.74) is -0.593. The van der Waals surface area contributed by atoms with Crippen molar-refractivity contribution in [3.63, 3.8) is 0 Å². The van der Waals surface area contributed by atoms with E-state index in [4.69, 9.17) is 4.74 Å². The van der Waals surface area contributed by atoms with Crippen molar-refractivity contribution in [1.29, 1.82) is 0 Å². The number of aliphatic hydroxyl groups is 1. The maximum absolute atomic E-state index is 11.0. The molecular formula is C9H14O3S. The maximum Gasteiger partial charge on any atom is 0.309 e. The van der Waals surface area contributed by atoms with E-state index < -0.39 is 16.3 Å². The predicted molar refractivity (Wildman–Crippen MR) is 54.5 cm³/mol. The fourth-order valence-corrected chi connectivity index (χ4v) is 2.47. The van der Waals surface area contributed by atoms with Crippen molar-refractivity contribution in [3.05, 3.63) is 23.0 Å². The molecule has 0 saturated heterocycles. The van der Waals surface area contributed by atoms with Crippen molar-refractivity contribution in [2.45, 2.75) is 18.8 Å². The lowest BCUT2D eigenvalue weighted by Gasteiger charge is -2.17. The van der Waals surface area contributed by atoms with Crippen LogP contribution in [-0.4, -0.2) is 23.1 Å². The number of rotatable bonds is 4. The van der Waals surface area contributed by atoms with Gasteiger partial charge in [-0.2, -0.15) is 10.9 Å². The summed E-state index contributed by atoms with van der Waals surface area (Å²) in [6.07, 6.45) is 3.87. The van der Waals surface area contributed by atoms with Gasteiger partial charge < -0.3 is 9.84 Å². The minimum atomic E-state index is -0.656. The number of carbonyl (C=O) groups is 1. The molecule has 0 fully saturated rings. The summed E-state index contributed by atoms with van der Waals surface area (Å²) in [5, 5.41) is 13.4. The molecular weight excluding hydrogens is 188 g/mol. The second kappa shape index (κ2) is 5.09. The monoisotopic (exact) mass is 202 g/mol. The van der Waals surface area contributed by atoms with Crippen molar-refractivity contribution in [2.24, 2.45) is 0 Å².